The third-order valence-corrected chi connectivity index (χ3v) is 2.92. The summed E-state index contributed by atoms with van der Waals surface area (Å²) in [5, 5.41) is 12.6. The number of anilines is 1. The van der Waals surface area contributed by atoms with Crippen LogP contribution in [0, 0.1) is 0 Å². The van der Waals surface area contributed by atoms with Crippen LogP contribution in [0.4, 0.5) is 5.69 Å². The number of rotatable bonds is 3. The minimum Gasteiger partial charge on any atom is -0.506 e. The maximum Gasteiger partial charge on any atom is 0.247 e. The van der Waals surface area contributed by atoms with E-state index in [-0.39, 0.29) is 10.8 Å². The van der Waals surface area contributed by atoms with Crippen molar-refractivity contribution in [3.8, 4) is 5.75 Å². The second-order valence-corrected chi connectivity index (χ2v) is 3.85. The number of halogens is 2. The molecule has 0 aliphatic carbocycles. The predicted molar refractivity (Wildman–Crippen MR) is 66.3 cm³/mol. The molecule has 1 rings (SSSR count). The lowest BCUT2D eigenvalue weighted by Gasteiger charge is -2.12. The van der Waals surface area contributed by atoms with Crippen molar-refractivity contribution in [2.75, 3.05) is 5.32 Å². The largest absolute Gasteiger partial charge is 0.506 e. The van der Waals surface area contributed by atoms with E-state index in [0.717, 1.165) is 6.08 Å². The summed E-state index contributed by atoms with van der Waals surface area (Å²) in [6, 6.07) is 1.31. The number of hydrogen-bond donors (Lipinski definition) is 2. The lowest BCUT2D eigenvalue weighted by Crippen LogP contribution is -2.08. The number of phenols is 1. The highest BCUT2D eigenvalue weighted by Gasteiger charge is 2.14. The van der Waals surface area contributed by atoms with Gasteiger partial charge in [0.15, 0.2) is 0 Å². The van der Waals surface area contributed by atoms with Crippen LogP contribution in [-0.4, -0.2) is 11.0 Å². The maximum absolute atomic E-state index is 11.1. The predicted octanol–water partition coefficient (Wildman–Crippen LogP) is 3.39. The minimum atomic E-state index is -0.398. The highest BCUT2D eigenvalue weighted by Crippen LogP contribution is 2.38. The van der Waals surface area contributed by atoms with Crippen LogP contribution in [0.1, 0.15) is 12.5 Å². The summed E-state index contributed by atoms with van der Waals surface area (Å²) in [5.41, 5.74) is 0.924. The Bertz CT molecular complexity index is 444. The van der Waals surface area contributed by atoms with Crippen LogP contribution in [0.3, 0.4) is 0 Å². The van der Waals surface area contributed by atoms with Crippen molar-refractivity contribution in [2.45, 2.75) is 13.3 Å². The van der Waals surface area contributed by atoms with Gasteiger partial charge in [0, 0.05) is 6.07 Å². The van der Waals surface area contributed by atoms with Crippen molar-refractivity contribution in [1.82, 2.24) is 0 Å². The summed E-state index contributed by atoms with van der Waals surface area (Å²) in [6.45, 7) is 5.18. The molecule has 0 aromatic heterocycles. The van der Waals surface area contributed by atoms with E-state index in [1.807, 2.05) is 6.92 Å². The van der Waals surface area contributed by atoms with Gasteiger partial charge in [-0.05, 0) is 18.1 Å². The molecule has 3 nitrogen and oxygen atoms in total. The van der Waals surface area contributed by atoms with Crippen molar-refractivity contribution in [3.05, 3.63) is 34.3 Å². The van der Waals surface area contributed by atoms with Gasteiger partial charge in [0.2, 0.25) is 5.91 Å². The summed E-state index contributed by atoms with van der Waals surface area (Å²) in [5.74, 6) is -0.507. The lowest BCUT2D eigenvalue weighted by molar-refractivity contribution is -0.111. The molecular formula is C11H11Cl2NO2. The quantitative estimate of drug-likeness (QED) is 0.818. The normalized spacial score (nSPS) is 9.94. The van der Waals surface area contributed by atoms with Crippen LogP contribution in [-0.2, 0) is 11.2 Å². The first-order valence-electron chi connectivity index (χ1n) is 4.64. The Kier molecular flexibility index (Phi) is 4.21. The van der Waals surface area contributed by atoms with Crippen LogP contribution in [0.15, 0.2) is 18.7 Å². The fourth-order valence-corrected chi connectivity index (χ4v) is 1.92. The number of benzene rings is 1. The van der Waals surface area contributed by atoms with Gasteiger partial charge < -0.3 is 10.4 Å². The van der Waals surface area contributed by atoms with E-state index in [2.05, 4.69) is 11.9 Å². The number of nitrogens with one attached hydrogen (secondary N) is 1. The van der Waals surface area contributed by atoms with E-state index in [1.165, 1.54) is 6.07 Å². The molecule has 0 radical (unpaired) electrons. The zero-order valence-corrected chi connectivity index (χ0v) is 10.2. The van der Waals surface area contributed by atoms with E-state index in [9.17, 15) is 9.90 Å². The number of carbonyl (C=O) groups excluding carboxylic acids is 1. The Morgan fingerprint density at radius 1 is 1.56 bits per heavy atom. The summed E-state index contributed by atoms with van der Waals surface area (Å²) in [6.07, 6.45) is 1.68. The van der Waals surface area contributed by atoms with Crippen molar-refractivity contribution in [2.24, 2.45) is 0 Å². The van der Waals surface area contributed by atoms with Gasteiger partial charge in [0.1, 0.15) is 5.75 Å². The SMILES string of the molecule is C=CC(=O)Nc1cc(O)c(Cl)c(CC)c1Cl. The average Bonchev–Trinajstić information content (AvgIpc) is 2.26. The molecule has 0 unspecified atom stereocenters. The number of amides is 1. The first-order chi connectivity index (χ1) is 7.51. The van der Waals surface area contributed by atoms with Gasteiger partial charge in [0.05, 0.1) is 15.7 Å². The second-order valence-electron chi connectivity index (χ2n) is 3.10. The summed E-state index contributed by atoms with van der Waals surface area (Å²) >= 11 is 11.9. The van der Waals surface area contributed by atoms with E-state index < -0.39 is 5.91 Å². The third kappa shape index (κ3) is 2.49. The van der Waals surface area contributed by atoms with Crippen LogP contribution >= 0.6 is 23.2 Å². The minimum absolute atomic E-state index is 0.109. The Balaban J connectivity index is 3.25. The van der Waals surface area contributed by atoms with E-state index in [0.29, 0.717) is 22.7 Å². The van der Waals surface area contributed by atoms with E-state index in [4.69, 9.17) is 23.2 Å². The molecule has 0 aliphatic heterocycles. The van der Waals surface area contributed by atoms with Crippen LogP contribution in [0.2, 0.25) is 10.0 Å². The monoisotopic (exact) mass is 259 g/mol. The van der Waals surface area contributed by atoms with Gasteiger partial charge in [-0.2, -0.15) is 0 Å². The van der Waals surface area contributed by atoms with Crippen LogP contribution < -0.4 is 5.32 Å². The molecule has 0 atom stereocenters. The van der Waals surface area contributed by atoms with Crippen molar-refractivity contribution < 1.29 is 9.90 Å². The van der Waals surface area contributed by atoms with Gasteiger partial charge in [-0.25, -0.2) is 0 Å². The number of hydrogen-bond acceptors (Lipinski definition) is 2. The first-order valence-corrected chi connectivity index (χ1v) is 5.40. The fraction of sp³-hybridized carbons (Fsp3) is 0.182. The van der Waals surface area contributed by atoms with Crippen LogP contribution in [0.25, 0.3) is 0 Å². The molecule has 0 bridgehead atoms. The molecule has 0 heterocycles. The molecule has 0 aliphatic rings. The van der Waals surface area contributed by atoms with Gasteiger partial charge in [-0.3, -0.25) is 4.79 Å². The zero-order chi connectivity index (χ0) is 12.3. The number of phenolic OH excluding ortho intramolecular Hbond substituents is 1. The lowest BCUT2D eigenvalue weighted by atomic mass is 10.1. The molecule has 5 heteroatoms. The maximum atomic E-state index is 11.1. The number of carbonyl (C=O) groups is 1. The highest BCUT2D eigenvalue weighted by atomic mass is 35.5. The third-order valence-electron chi connectivity index (χ3n) is 2.07. The summed E-state index contributed by atoms with van der Waals surface area (Å²) in [7, 11) is 0. The molecule has 0 saturated carbocycles. The fourth-order valence-electron chi connectivity index (χ4n) is 1.26. The molecule has 2 N–H and O–H groups in total. The average molecular weight is 260 g/mol. The molecule has 86 valence electrons. The molecule has 0 spiro atoms. The van der Waals surface area contributed by atoms with Crippen LogP contribution in [0.5, 0.6) is 5.75 Å². The van der Waals surface area contributed by atoms with E-state index >= 15 is 0 Å². The Labute approximate surface area is 104 Å². The Morgan fingerprint density at radius 3 is 2.69 bits per heavy atom. The number of aromatic hydroxyl groups is 1. The molecule has 1 aromatic carbocycles. The van der Waals surface area contributed by atoms with E-state index in [1.54, 1.807) is 0 Å². The Hall–Kier alpha value is -1.19. The molecule has 1 amide bonds. The molecular weight excluding hydrogens is 249 g/mol. The van der Waals surface area contributed by atoms with Gasteiger partial charge in [-0.15, -0.1) is 0 Å². The Morgan fingerprint density at radius 2 is 2.19 bits per heavy atom. The van der Waals surface area contributed by atoms with Gasteiger partial charge in [-0.1, -0.05) is 36.7 Å². The van der Waals surface area contributed by atoms with Gasteiger partial charge in [0.25, 0.3) is 0 Å². The van der Waals surface area contributed by atoms with Crippen molar-refractivity contribution in [1.29, 1.82) is 0 Å². The topological polar surface area (TPSA) is 49.3 Å². The van der Waals surface area contributed by atoms with Crippen molar-refractivity contribution >= 4 is 34.8 Å². The zero-order valence-electron chi connectivity index (χ0n) is 8.68. The summed E-state index contributed by atoms with van der Waals surface area (Å²) in [4.78, 5) is 11.1. The highest BCUT2D eigenvalue weighted by molar-refractivity contribution is 6.39. The molecule has 0 saturated heterocycles. The second kappa shape index (κ2) is 5.23. The first kappa shape index (κ1) is 12.9. The molecule has 16 heavy (non-hydrogen) atoms. The summed E-state index contributed by atoms with van der Waals surface area (Å²) < 4.78 is 0. The van der Waals surface area contributed by atoms with Gasteiger partial charge >= 0.3 is 0 Å². The smallest absolute Gasteiger partial charge is 0.247 e. The molecule has 0 fully saturated rings. The van der Waals surface area contributed by atoms with Crippen molar-refractivity contribution in [3.63, 3.8) is 0 Å². The molecule has 1 aromatic rings. The standard InChI is InChI=1S/C11H11Cl2NO2/c1-3-6-10(12)7(14-9(16)4-2)5-8(15)11(6)13/h4-5,15H,2-3H2,1H3,(H,14,16).